The van der Waals surface area contributed by atoms with E-state index in [2.05, 4.69) is 5.43 Å². The van der Waals surface area contributed by atoms with Crippen molar-refractivity contribution in [1.82, 2.24) is 5.43 Å². The molecule has 1 aliphatic rings. The minimum atomic E-state index is 0. The summed E-state index contributed by atoms with van der Waals surface area (Å²) in [6.07, 6.45) is 2.55. The van der Waals surface area contributed by atoms with E-state index in [1.165, 1.54) is 12.8 Å². The standard InChI is InChI=1S/C3H8N2.C2H6O.ClH/c4-5-3-1-2-3;1-2-3;/h3,5H,1-2,4H2;3H,2H2,1H3;1H. The largest absolute Gasteiger partial charge is 0.397 e. The number of aliphatic hydroxyl groups is 1. The molecule has 3 nitrogen and oxygen atoms in total. The molecule has 0 radical (unpaired) electrons. The number of nitrogens with two attached hydrogens (primary N) is 1. The number of halogens is 1. The van der Waals surface area contributed by atoms with Crippen LogP contribution in [-0.2, 0) is 0 Å². The van der Waals surface area contributed by atoms with Crippen LogP contribution in [0.3, 0.4) is 0 Å². The first-order chi connectivity index (χ1) is 3.85. The number of aliphatic hydroxyl groups excluding tert-OH is 1. The minimum absolute atomic E-state index is 0. The van der Waals surface area contributed by atoms with Gasteiger partial charge in [0.15, 0.2) is 0 Å². The van der Waals surface area contributed by atoms with Gasteiger partial charge in [-0.15, -0.1) is 12.4 Å². The lowest BCUT2D eigenvalue weighted by Gasteiger charge is -1.81. The first-order valence-corrected chi connectivity index (χ1v) is 2.92. The van der Waals surface area contributed by atoms with E-state index in [1.807, 2.05) is 0 Å². The van der Waals surface area contributed by atoms with Gasteiger partial charge in [0.2, 0.25) is 0 Å². The summed E-state index contributed by atoms with van der Waals surface area (Å²) in [4.78, 5) is 0. The maximum atomic E-state index is 7.57. The zero-order valence-corrected chi connectivity index (χ0v) is 6.45. The molecule has 1 saturated carbocycles. The van der Waals surface area contributed by atoms with Gasteiger partial charge >= 0.3 is 0 Å². The molecule has 0 aromatic rings. The van der Waals surface area contributed by atoms with E-state index in [1.54, 1.807) is 6.92 Å². The highest BCUT2D eigenvalue weighted by atomic mass is 35.5. The Morgan fingerprint density at radius 3 is 2.00 bits per heavy atom. The van der Waals surface area contributed by atoms with Gasteiger partial charge in [0.05, 0.1) is 0 Å². The molecule has 0 spiro atoms. The highest BCUT2D eigenvalue weighted by Gasteiger charge is 2.17. The molecular formula is C5H15ClN2O. The summed E-state index contributed by atoms with van der Waals surface area (Å²) in [6, 6.07) is 0.662. The Bertz CT molecular complexity index is 50.2. The SMILES string of the molecule is CCO.Cl.NNC1CC1. The van der Waals surface area contributed by atoms with Crippen LogP contribution in [0.15, 0.2) is 0 Å². The number of nitrogens with one attached hydrogen (secondary N) is 1. The van der Waals surface area contributed by atoms with Crippen molar-refractivity contribution in [2.75, 3.05) is 6.61 Å². The lowest BCUT2D eigenvalue weighted by Crippen LogP contribution is -2.23. The van der Waals surface area contributed by atoms with Crippen LogP contribution in [0.5, 0.6) is 0 Å². The van der Waals surface area contributed by atoms with Gasteiger partial charge in [0, 0.05) is 12.6 Å². The average molecular weight is 155 g/mol. The summed E-state index contributed by atoms with van der Waals surface area (Å²) < 4.78 is 0. The third-order valence-electron chi connectivity index (χ3n) is 0.813. The van der Waals surface area contributed by atoms with Gasteiger partial charge in [0.1, 0.15) is 0 Å². The number of hydrazine groups is 1. The van der Waals surface area contributed by atoms with E-state index in [-0.39, 0.29) is 19.0 Å². The van der Waals surface area contributed by atoms with Crippen LogP contribution in [0.4, 0.5) is 0 Å². The summed E-state index contributed by atoms with van der Waals surface area (Å²) >= 11 is 0. The van der Waals surface area contributed by atoms with Crippen LogP contribution in [0.25, 0.3) is 0 Å². The molecule has 4 N–H and O–H groups in total. The van der Waals surface area contributed by atoms with E-state index in [0.717, 1.165) is 0 Å². The Labute approximate surface area is 62.0 Å². The second kappa shape index (κ2) is 8.17. The van der Waals surface area contributed by atoms with Gasteiger partial charge in [-0.2, -0.15) is 0 Å². The smallest absolute Gasteiger partial charge is 0.0402 e. The zero-order chi connectivity index (χ0) is 6.41. The molecule has 58 valence electrons. The van der Waals surface area contributed by atoms with Crippen molar-refractivity contribution in [1.29, 1.82) is 0 Å². The molecule has 0 heterocycles. The summed E-state index contributed by atoms with van der Waals surface area (Å²) in [5, 5.41) is 7.57. The van der Waals surface area contributed by atoms with Crippen LogP contribution in [0, 0.1) is 0 Å². The van der Waals surface area contributed by atoms with Gasteiger partial charge < -0.3 is 5.11 Å². The highest BCUT2D eigenvalue weighted by Crippen LogP contribution is 2.16. The Balaban J connectivity index is 0. The molecule has 0 unspecified atom stereocenters. The number of hydrogen-bond donors (Lipinski definition) is 3. The van der Waals surface area contributed by atoms with Crippen molar-refractivity contribution < 1.29 is 5.11 Å². The fourth-order valence-electron chi connectivity index (χ4n) is 0.250. The van der Waals surface area contributed by atoms with E-state index >= 15 is 0 Å². The van der Waals surface area contributed by atoms with Crippen LogP contribution >= 0.6 is 12.4 Å². The van der Waals surface area contributed by atoms with Crippen LogP contribution in [-0.4, -0.2) is 17.8 Å². The van der Waals surface area contributed by atoms with E-state index in [9.17, 15) is 0 Å². The zero-order valence-electron chi connectivity index (χ0n) is 5.63. The Morgan fingerprint density at radius 1 is 1.67 bits per heavy atom. The van der Waals surface area contributed by atoms with Crippen LogP contribution < -0.4 is 11.3 Å². The normalized spacial score (nSPS) is 15.0. The molecule has 1 fully saturated rings. The second-order valence-corrected chi connectivity index (χ2v) is 1.76. The van der Waals surface area contributed by atoms with Crippen molar-refractivity contribution in [3.63, 3.8) is 0 Å². The molecule has 0 atom stereocenters. The molecule has 1 rings (SSSR count). The molecule has 9 heavy (non-hydrogen) atoms. The fraction of sp³-hybridized carbons (Fsp3) is 1.00. The molecule has 1 aliphatic carbocycles. The van der Waals surface area contributed by atoms with Gasteiger partial charge in [0.25, 0.3) is 0 Å². The van der Waals surface area contributed by atoms with Crippen molar-refractivity contribution in [3.05, 3.63) is 0 Å². The molecule has 0 aromatic heterocycles. The predicted octanol–water partition coefficient (Wildman–Crippen LogP) is 0.0325. The van der Waals surface area contributed by atoms with Crippen LogP contribution in [0.2, 0.25) is 0 Å². The molecular weight excluding hydrogens is 140 g/mol. The third-order valence-corrected chi connectivity index (χ3v) is 0.813. The molecule has 0 aliphatic heterocycles. The lowest BCUT2D eigenvalue weighted by atomic mass is 10.8. The van der Waals surface area contributed by atoms with Crippen molar-refractivity contribution in [2.45, 2.75) is 25.8 Å². The average Bonchev–Trinajstić information content (AvgIpc) is 2.48. The topological polar surface area (TPSA) is 58.3 Å². The summed E-state index contributed by atoms with van der Waals surface area (Å²) in [5.74, 6) is 4.98. The fourth-order valence-corrected chi connectivity index (χ4v) is 0.250. The molecule has 0 aromatic carbocycles. The molecule has 0 saturated heterocycles. The van der Waals surface area contributed by atoms with E-state index in [4.69, 9.17) is 10.9 Å². The summed E-state index contributed by atoms with van der Waals surface area (Å²) in [6.45, 7) is 1.93. The Kier molecular flexibility index (Phi) is 10.8. The summed E-state index contributed by atoms with van der Waals surface area (Å²) in [5.41, 5.74) is 2.64. The van der Waals surface area contributed by atoms with Crippen molar-refractivity contribution >= 4 is 12.4 Å². The highest BCUT2D eigenvalue weighted by molar-refractivity contribution is 5.85. The van der Waals surface area contributed by atoms with E-state index in [0.29, 0.717) is 6.04 Å². The first-order valence-electron chi connectivity index (χ1n) is 2.92. The number of rotatable bonds is 1. The Morgan fingerprint density at radius 2 is 2.00 bits per heavy atom. The summed E-state index contributed by atoms with van der Waals surface area (Å²) in [7, 11) is 0. The monoisotopic (exact) mass is 154 g/mol. The van der Waals surface area contributed by atoms with Gasteiger partial charge in [-0.3, -0.25) is 11.3 Å². The second-order valence-electron chi connectivity index (χ2n) is 1.76. The lowest BCUT2D eigenvalue weighted by molar-refractivity contribution is 0.318. The van der Waals surface area contributed by atoms with Crippen LogP contribution in [0.1, 0.15) is 19.8 Å². The minimum Gasteiger partial charge on any atom is -0.397 e. The van der Waals surface area contributed by atoms with E-state index < -0.39 is 0 Å². The van der Waals surface area contributed by atoms with Crippen molar-refractivity contribution in [3.8, 4) is 0 Å². The maximum Gasteiger partial charge on any atom is 0.0402 e. The third kappa shape index (κ3) is 11.6. The molecule has 0 bridgehead atoms. The first kappa shape index (κ1) is 11.9. The molecule has 4 heteroatoms. The maximum absolute atomic E-state index is 7.57. The van der Waals surface area contributed by atoms with Crippen molar-refractivity contribution in [2.24, 2.45) is 5.84 Å². The predicted molar refractivity (Wildman–Crippen MR) is 40.4 cm³/mol. The van der Waals surface area contributed by atoms with Gasteiger partial charge in [-0.25, -0.2) is 0 Å². The van der Waals surface area contributed by atoms with Gasteiger partial charge in [-0.1, -0.05) is 0 Å². The van der Waals surface area contributed by atoms with Gasteiger partial charge in [-0.05, 0) is 19.8 Å². The Hall–Kier alpha value is 0.170. The number of hydrogen-bond acceptors (Lipinski definition) is 3. The molecule has 0 amide bonds. The quantitative estimate of drug-likeness (QED) is 0.369.